The molecule has 0 spiro atoms. The van der Waals surface area contributed by atoms with E-state index in [4.69, 9.17) is 0 Å². The number of aryl methyl sites for hydroxylation is 1. The summed E-state index contributed by atoms with van der Waals surface area (Å²) < 4.78 is 0. The van der Waals surface area contributed by atoms with Crippen molar-refractivity contribution >= 4 is 23.2 Å². The largest absolute Gasteiger partial charge is 0.481 e. The van der Waals surface area contributed by atoms with Crippen molar-refractivity contribution in [3.8, 4) is 0 Å². The van der Waals surface area contributed by atoms with Gasteiger partial charge in [0.15, 0.2) is 0 Å². The first-order chi connectivity index (χ1) is 11.1. The van der Waals surface area contributed by atoms with Crippen LogP contribution in [0.5, 0.6) is 0 Å². The highest BCUT2D eigenvalue weighted by Crippen LogP contribution is 2.38. The number of nitrogens with one attached hydrogen (secondary N) is 1. The zero-order valence-electron chi connectivity index (χ0n) is 13.5. The number of rotatable bonds is 4. The lowest BCUT2D eigenvalue weighted by molar-refractivity contribution is -0.156. The molecule has 1 aromatic rings. The van der Waals surface area contributed by atoms with Crippen LogP contribution in [0.4, 0.5) is 0 Å². The van der Waals surface area contributed by atoms with E-state index in [9.17, 15) is 14.7 Å². The number of carbonyl (C=O) groups is 2. The summed E-state index contributed by atoms with van der Waals surface area (Å²) in [6.45, 7) is 3.94. The molecule has 126 valence electrons. The SMILES string of the molecule is CCCc1cc(C(=O)N2CCC3NCCCC3(C(=O)O)C2)cs1. The van der Waals surface area contributed by atoms with Gasteiger partial charge in [0.25, 0.3) is 5.91 Å². The molecule has 2 N–H and O–H groups in total. The molecule has 2 aliphatic rings. The maximum Gasteiger partial charge on any atom is 0.313 e. The van der Waals surface area contributed by atoms with Crippen molar-refractivity contribution in [1.29, 1.82) is 0 Å². The Morgan fingerprint density at radius 2 is 2.35 bits per heavy atom. The quantitative estimate of drug-likeness (QED) is 0.886. The van der Waals surface area contributed by atoms with E-state index in [1.807, 2.05) is 11.4 Å². The van der Waals surface area contributed by atoms with Crippen molar-refractivity contribution < 1.29 is 14.7 Å². The number of hydrogen-bond acceptors (Lipinski definition) is 4. The lowest BCUT2D eigenvalue weighted by Gasteiger charge is -2.48. The maximum atomic E-state index is 12.8. The molecule has 0 aliphatic carbocycles. The summed E-state index contributed by atoms with van der Waals surface area (Å²) in [4.78, 5) is 27.7. The van der Waals surface area contributed by atoms with E-state index in [2.05, 4.69) is 12.2 Å². The summed E-state index contributed by atoms with van der Waals surface area (Å²) in [7, 11) is 0. The first-order valence-electron chi connectivity index (χ1n) is 8.40. The van der Waals surface area contributed by atoms with Gasteiger partial charge in [-0.25, -0.2) is 0 Å². The van der Waals surface area contributed by atoms with Gasteiger partial charge in [0.05, 0.1) is 5.56 Å². The number of carboxylic acids is 1. The lowest BCUT2D eigenvalue weighted by Crippen LogP contribution is -2.63. The zero-order chi connectivity index (χ0) is 16.4. The van der Waals surface area contributed by atoms with E-state index in [-0.39, 0.29) is 11.9 Å². The van der Waals surface area contributed by atoms with Crippen LogP contribution in [0, 0.1) is 5.41 Å². The molecule has 0 radical (unpaired) electrons. The number of carbonyl (C=O) groups excluding carboxylic acids is 1. The molecule has 5 nitrogen and oxygen atoms in total. The third-order valence-electron chi connectivity index (χ3n) is 5.13. The number of amides is 1. The molecular formula is C17H24N2O3S. The standard InChI is InChI=1S/C17H24N2O3S/c1-2-4-13-9-12(10-23-13)15(20)19-8-5-14-17(11-19,16(21)22)6-3-7-18-14/h9-10,14,18H,2-8,11H2,1H3,(H,21,22). The fourth-order valence-corrected chi connectivity index (χ4v) is 4.84. The fraction of sp³-hybridized carbons (Fsp3) is 0.647. The van der Waals surface area contributed by atoms with Crippen LogP contribution in [0.2, 0.25) is 0 Å². The van der Waals surface area contributed by atoms with E-state index in [0.29, 0.717) is 31.5 Å². The number of nitrogens with zero attached hydrogens (tertiary/aromatic N) is 1. The molecule has 2 unspecified atom stereocenters. The Balaban J connectivity index is 1.77. The third-order valence-corrected chi connectivity index (χ3v) is 6.12. The van der Waals surface area contributed by atoms with E-state index < -0.39 is 11.4 Å². The number of hydrogen-bond donors (Lipinski definition) is 2. The Hall–Kier alpha value is -1.40. The van der Waals surface area contributed by atoms with Gasteiger partial charge in [0, 0.05) is 29.4 Å². The number of carboxylic acid groups (broad SMARTS) is 1. The minimum Gasteiger partial charge on any atom is -0.481 e. The lowest BCUT2D eigenvalue weighted by atomic mass is 9.70. The Bertz CT molecular complexity index is 600. The van der Waals surface area contributed by atoms with E-state index in [1.165, 1.54) is 4.88 Å². The summed E-state index contributed by atoms with van der Waals surface area (Å²) in [6.07, 6.45) is 4.26. The molecule has 1 aromatic heterocycles. The highest BCUT2D eigenvalue weighted by Gasteiger charge is 2.51. The Labute approximate surface area is 140 Å². The van der Waals surface area contributed by atoms with Gasteiger partial charge in [-0.1, -0.05) is 13.3 Å². The van der Waals surface area contributed by atoms with Crippen LogP contribution in [0.25, 0.3) is 0 Å². The molecule has 0 saturated carbocycles. The summed E-state index contributed by atoms with van der Waals surface area (Å²) in [5.74, 6) is -0.794. The number of aliphatic carboxylic acids is 1. The number of piperidine rings is 2. The van der Waals surface area contributed by atoms with Crippen molar-refractivity contribution in [2.75, 3.05) is 19.6 Å². The second kappa shape index (κ2) is 6.61. The molecule has 0 bridgehead atoms. The Morgan fingerprint density at radius 3 is 3.09 bits per heavy atom. The van der Waals surface area contributed by atoms with Crippen LogP contribution < -0.4 is 5.32 Å². The molecule has 2 saturated heterocycles. The first-order valence-corrected chi connectivity index (χ1v) is 9.28. The van der Waals surface area contributed by atoms with Gasteiger partial charge >= 0.3 is 5.97 Å². The number of thiophene rings is 1. The highest BCUT2D eigenvalue weighted by molar-refractivity contribution is 7.10. The van der Waals surface area contributed by atoms with Crippen LogP contribution in [-0.4, -0.2) is 47.6 Å². The molecule has 2 fully saturated rings. The average molecular weight is 336 g/mol. The zero-order valence-corrected chi connectivity index (χ0v) is 14.3. The van der Waals surface area contributed by atoms with Crippen molar-refractivity contribution in [3.63, 3.8) is 0 Å². The van der Waals surface area contributed by atoms with Gasteiger partial charge in [-0.15, -0.1) is 11.3 Å². The molecule has 6 heteroatoms. The normalized spacial score (nSPS) is 27.5. The number of likely N-dealkylation sites (tertiary alicyclic amines) is 1. The van der Waals surface area contributed by atoms with Crippen LogP contribution in [0.1, 0.15) is 47.8 Å². The topological polar surface area (TPSA) is 69.6 Å². The minimum absolute atomic E-state index is 0.0177. The fourth-order valence-electron chi connectivity index (χ4n) is 3.87. The molecular weight excluding hydrogens is 312 g/mol. The van der Waals surface area contributed by atoms with Crippen molar-refractivity contribution in [1.82, 2.24) is 10.2 Å². The highest BCUT2D eigenvalue weighted by atomic mass is 32.1. The molecule has 1 amide bonds. The summed E-state index contributed by atoms with van der Waals surface area (Å²) in [5, 5.41) is 15.0. The number of fused-ring (bicyclic) bond motifs is 1. The molecule has 2 aliphatic heterocycles. The van der Waals surface area contributed by atoms with Gasteiger partial charge in [0.2, 0.25) is 0 Å². The van der Waals surface area contributed by atoms with Gasteiger partial charge in [-0.2, -0.15) is 0 Å². The summed E-state index contributed by atoms with van der Waals surface area (Å²) in [5.41, 5.74) is -0.116. The van der Waals surface area contributed by atoms with Crippen LogP contribution >= 0.6 is 11.3 Å². The second-order valence-corrected chi connectivity index (χ2v) is 7.63. The third kappa shape index (κ3) is 3.02. The maximum absolute atomic E-state index is 12.8. The average Bonchev–Trinajstić information content (AvgIpc) is 3.02. The smallest absolute Gasteiger partial charge is 0.313 e. The predicted octanol–water partition coefficient (Wildman–Crippen LogP) is 2.37. The first kappa shape index (κ1) is 16.5. The molecule has 3 heterocycles. The van der Waals surface area contributed by atoms with Crippen LogP contribution in [0.15, 0.2) is 11.4 Å². The minimum atomic E-state index is -0.825. The van der Waals surface area contributed by atoms with Crippen molar-refractivity contribution in [2.24, 2.45) is 5.41 Å². The van der Waals surface area contributed by atoms with Crippen molar-refractivity contribution in [2.45, 2.75) is 45.1 Å². The van der Waals surface area contributed by atoms with Gasteiger partial charge < -0.3 is 15.3 Å². The predicted molar refractivity (Wildman–Crippen MR) is 89.9 cm³/mol. The van der Waals surface area contributed by atoms with Gasteiger partial charge in [-0.05, 0) is 38.3 Å². The molecule has 3 rings (SSSR count). The van der Waals surface area contributed by atoms with Gasteiger partial charge in [-0.3, -0.25) is 9.59 Å². The molecule has 23 heavy (non-hydrogen) atoms. The van der Waals surface area contributed by atoms with E-state index >= 15 is 0 Å². The second-order valence-electron chi connectivity index (χ2n) is 6.64. The van der Waals surface area contributed by atoms with Crippen LogP contribution in [0.3, 0.4) is 0 Å². The monoisotopic (exact) mass is 336 g/mol. The molecule has 0 aromatic carbocycles. The van der Waals surface area contributed by atoms with E-state index in [0.717, 1.165) is 25.8 Å². The Kier molecular flexibility index (Phi) is 4.73. The summed E-state index contributed by atoms with van der Waals surface area (Å²) >= 11 is 1.62. The van der Waals surface area contributed by atoms with Gasteiger partial charge in [0.1, 0.15) is 5.41 Å². The molecule has 2 atom stereocenters. The van der Waals surface area contributed by atoms with Crippen molar-refractivity contribution in [3.05, 3.63) is 21.9 Å². The summed E-state index contributed by atoms with van der Waals surface area (Å²) in [6, 6.07) is 1.95. The van der Waals surface area contributed by atoms with E-state index in [1.54, 1.807) is 16.2 Å². The van der Waals surface area contributed by atoms with Crippen LogP contribution in [-0.2, 0) is 11.2 Å². The Morgan fingerprint density at radius 1 is 1.52 bits per heavy atom.